The van der Waals surface area contributed by atoms with Crippen LogP contribution in [0, 0.1) is 25.5 Å². The van der Waals surface area contributed by atoms with Gasteiger partial charge in [0.1, 0.15) is 17.5 Å². The molecule has 0 spiro atoms. The van der Waals surface area contributed by atoms with E-state index in [0.29, 0.717) is 6.04 Å². The Morgan fingerprint density at radius 1 is 0.600 bits per heavy atom. The van der Waals surface area contributed by atoms with Crippen molar-refractivity contribution in [2.24, 2.45) is 0 Å². The average Bonchev–Trinajstić information content (AvgIpc) is 3.59. The Morgan fingerprint density at radius 3 is 1.77 bits per heavy atom. The quantitative estimate of drug-likeness (QED) is 0.186. The summed E-state index contributed by atoms with van der Waals surface area (Å²) in [5.41, 5.74) is 4.15. The molecule has 0 saturated carbocycles. The fourth-order valence-electron chi connectivity index (χ4n) is 4.51. The summed E-state index contributed by atoms with van der Waals surface area (Å²) in [7, 11) is 0. The zero-order chi connectivity index (χ0) is 26.6. The summed E-state index contributed by atoms with van der Waals surface area (Å²) in [6.07, 6.45) is 5.24. The second kappa shape index (κ2) is 12.3. The molecular weight excluding hydrogens is 675 g/mol. The molecule has 2 aliphatic heterocycles. The van der Waals surface area contributed by atoms with Gasteiger partial charge in [-0.2, -0.15) is 60.7 Å². The third-order valence-electron chi connectivity index (χ3n) is 6.36. The Kier molecular flexibility index (Phi) is 8.39. The van der Waals surface area contributed by atoms with E-state index in [-0.39, 0.29) is 20.1 Å². The van der Waals surface area contributed by atoms with E-state index in [0.717, 1.165) is 40.2 Å². The maximum atomic E-state index is 4.48. The molecule has 0 atom stereocenters. The number of fused-ring (bicyclic) bond motifs is 2. The van der Waals surface area contributed by atoms with Crippen molar-refractivity contribution in [1.29, 1.82) is 0 Å². The average molecular weight is 702 g/mol. The molecule has 0 bridgehead atoms. The molecule has 4 heterocycles. The monoisotopic (exact) mass is 702 g/mol. The number of para-hydroxylation sites is 3. The van der Waals surface area contributed by atoms with E-state index in [1.165, 1.54) is 0 Å². The molecule has 7 nitrogen and oxygen atoms in total. The van der Waals surface area contributed by atoms with E-state index < -0.39 is 0 Å². The first-order valence-corrected chi connectivity index (χ1v) is 12.8. The first-order chi connectivity index (χ1) is 19.2. The number of hydrogen-bond donors (Lipinski definition) is 0. The summed E-state index contributed by atoms with van der Waals surface area (Å²) in [6.45, 7) is 8.43. The van der Waals surface area contributed by atoms with Gasteiger partial charge in [0.05, 0.1) is 0 Å². The molecule has 0 fully saturated rings. The summed E-state index contributed by atoms with van der Waals surface area (Å²) < 4.78 is 0. The number of benzene rings is 3. The van der Waals surface area contributed by atoms with Crippen LogP contribution in [0.5, 0.6) is 0 Å². The molecule has 0 N–H and O–H groups in total. The molecular formula is C32H27IrN7-4. The van der Waals surface area contributed by atoms with Gasteiger partial charge in [-0.15, -0.1) is 24.7 Å². The Balaban J connectivity index is 0.000000159. The predicted molar refractivity (Wildman–Crippen MR) is 156 cm³/mol. The molecule has 2 aliphatic rings. The molecule has 203 valence electrons. The molecule has 40 heavy (non-hydrogen) atoms. The molecule has 1 radical (unpaired) electrons. The van der Waals surface area contributed by atoms with Crippen molar-refractivity contribution in [3.05, 3.63) is 135 Å². The molecule has 3 aromatic carbocycles. The van der Waals surface area contributed by atoms with E-state index >= 15 is 0 Å². The van der Waals surface area contributed by atoms with Gasteiger partial charge in [0.25, 0.3) is 0 Å². The van der Waals surface area contributed by atoms with Crippen LogP contribution in [0.1, 0.15) is 13.8 Å². The first kappa shape index (κ1) is 27.3. The summed E-state index contributed by atoms with van der Waals surface area (Å²) in [5.74, 6) is 2.60. The molecule has 0 amide bonds. The van der Waals surface area contributed by atoms with Crippen LogP contribution < -0.4 is 19.6 Å². The predicted octanol–water partition coefficient (Wildman–Crippen LogP) is 7.05. The van der Waals surface area contributed by atoms with Crippen LogP contribution in [-0.2, 0) is 20.1 Å². The van der Waals surface area contributed by atoms with Crippen molar-refractivity contribution >= 4 is 40.2 Å². The van der Waals surface area contributed by atoms with Gasteiger partial charge in [0.2, 0.25) is 0 Å². The van der Waals surface area contributed by atoms with Crippen LogP contribution in [0.2, 0.25) is 0 Å². The van der Waals surface area contributed by atoms with Gasteiger partial charge in [0.15, 0.2) is 0 Å². The standard InChI is InChI=1S/C17H12N4.C15H15N3.Ir/c1-3-7-14(8-4-1)20-13-21(15-9-5-2-6-10-15)17-16(20)18-11-12-19-17;1-12(2)17-11-18(13-7-4-3-5-8-13)15-14(17)9-6-10-16-15;/h1-9,11-13H;3-7,9-12H,1-2H3;/q2*-2;. The van der Waals surface area contributed by atoms with Crippen LogP contribution >= 0.6 is 0 Å². The van der Waals surface area contributed by atoms with Crippen LogP contribution in [0.25, 0.3) is 0 Å². The molecule has 7 rings (SSSR count). The van der Waals surface area contributed by atoms with Crippen molar-refractivity contribution in [3.63, 3.8) is 0 Å². The van der Waals surface area contributed by atoms with Crippen molar-refractivity contribution < 1.29 is 20.1 Å². The smallest absolute Gasteiger partial charge is 0.145 e. The number of anilines is 7. The van der Waals surface area contributed by atoms with Crippen molar-refractivity contribution in [2.75, 3.05) is 19.6 Å². The number of nitrogens with zero attached hydrogens (tertiary/aromatic N) is 7. The Labute approximate surface area is 249 Å². The van der Waals surface area contributed by atoms with E-state index in [1.807, 2.05) is 108 Å². The third-order valence-corrected chi connectivity index (χ3v) is 6.36. The normalized spacial score (nSPS) is 13.4. The van der Waals surface area contributed by atoms with Gasteiger partial charge < -0.3 is 19.6 Å². The summed E-state index contributed by atoms with van der Waals surface area (Å²) in [4.78, 5) is 21.7. The van der Waals surface area contributed by atoms with Crippen molar-refractivity contribution in [2.45, 2.75) is 19.9 Å². The third kappa shape index (κ3) is 5.41. The van der Waals surface area contributed by atoms with Crippen LogP contribution in [-0.4, -0.2) is 21.0 Å². The number of pyridine rings is 1. The Bertz CT molecular complexity index is 1450. The minimum Gasteiger partial charge on any atom is -0.498 e. The minimum absolute atomic E-state index is 0. The van der Waals surface area contributed by atoms with E-state index in [2.05, 4.69) is 63.5 Å². The number of aromatic nitrogens is 3. The van der Waals surface area contributed by atoms with Crippen molar-refractivity contribution in [3.8, 4) is 0 Å². The van der Waals surface area contributed by atoms with Gasteiger partial charge in [-0.05, 0) is 44.2 Å². The Morgan fingerprint density at radius 2 is 1.18 bits per heavy atom. The topological polar surface area (TPSA) is 51.6 Å². The molecule has 2 aromatic heterocycles. The maximum Gasteiger partial charge on any atom is 0.145 e. The maximum absolute atomic E-state index is 4.48. The first-order valence-electron chi connectivity index (χ1n) is 12.8. The molecule has 0 unspecified atom stereocenters. The summed E-state index contributed by atoms with van der Waals surface area (Å²) in [5, 5.41) is 0. The SMILES string of the molecule is CC(C)N1[CH-]N(c2[c-]cccc2)c2ncccc21.[Ir].[c-]1ccccc1N1[CH-]N(c2ccccc2)c2nccnc21. The summed E-state index contributed by atoms with van der Waals surface area (Å²) >= 11 is 0. The number of rotatable bonds is 4. The molecule has 0 aliphatic carbocycles. The zero-order valence-electron chi connectivity index (χ0n) is 22.1. The molecule has 5 aromatic rings. The van der Waals surface area contributed by atoms with E-state index in [4.69, 9.17) is 0 Å². The second-order valence-corrected chi connectivity index (χ2v) is 9.22. The van der Waals surface area contributed by atoms with Crippen molar-refractivity contribution in [1.82, 2.24) is 15.0 Å². The molecule has 0 saturated heterocycles. The zero-order valence-corrected chi connectivity index (χ0v) is 24.5. The van der Waals surface area contributed by atoms with Gasteiger partial charge in [-0.1, -0.05) is 18.2 Å². The van der Waals surface area contributed by atoms with Crippen LogP contribution in [0.15, 0.2) is 110 Å². The van der Waals surface area contributed by atoms with E-state index in [1.54, 1.807) is 12.4 Å². The Hall–Kier alpha value is -4.26. The van der Waals surface area contributed by atoms with E-state index in [9.17, 15) is 0 Å². The number of hydrogen-bond acceptors (Lipinski definition) is 7. The fraction of sp³-hybridized carbons (Fsp3) is 0.0938. The van der Waals surface area contributed by atoms with Gasteiger partial charge in [-0.25, -0.2) is 15.0 Å². The fourth-order valence-corrected chi connectivity index (χ4v) is 4.51. The van der Waals surface area contributed by atoms with Gasteiger partial charge in [-0.3, -0.25) is 0 Å². The molecule has 8 heteroatoms. The summed E-state index contributed by atoms with van der Waals surface area (Å²) in [6, 6.07) is 36.8. The van der Waals surface area contributed by atoms with Crippen LogP contribution in [0.3, 0.4) is 0 Å². The van der Waals surface area contributed by atoms with Gasteiger partial charge in [0, 0.05) is 50.1 Å². The largest absolute Gasteiger partial charge is 0.498 e. The van der Waals surface area contributed by atoms with Crippen LogP contribution in [0.4, 0.5) is 40.2 Å². The second-order valence-electron chi connectivity index (χ2n) is 9.22. The minimum atomic E-state index is 0. The van der Waals surface area contributed by atoms with Gasteiger partial charge >= 0.3 is 0 Å².